The summed E-state index contributed by atoms with van der Waals surface area (Å²) >= 11 is 0. The van der Waals surface area contributed by atoms with Gasteiger partial charge in [-0.2, -0.15) is 0 Å². The second-order valence-corrected chi connectivity index (χ2v) is 8.76. The van der Waals surface area contributed by atoms with E-state index in [4.69, 9.17) is 15.9 Å². The van der Waals surface area contributed by atoms with Gasteiger partial charge in [0.05, 0.1) is 12.8 Å². The van der Waals surface area contributed by atoms with Gasteiger partial charge in [0, 0.05) is 42.8 Å². The van der Waals surface area contributed by atoms with Crippen molar-refractivity contribution in [2.45, 2.75) is 32.7 Å². The molecule has 0 spiro atoms. The first kappa shape index (κ1) is 25.9. The van der Waals surface area contributed by atoms with Gasteiger partial charge >= 0.3 is 0 Å². The summed E-state index contributed by atoms with van der Waals surface area (Å²) in [6.07, 6.45) is 8.75. The number of hydrogen-bond acceptors (Lipinski definition) is 7. The minimum absolute atomic E-state index is 0.185. The van der Waals surface area contributed by atoms with Crippen molar-refractivity contribution in [3.05, 3.63) is 83.7 Å². The first-order valence-electron chi connectivity index (χ1n) is 12.0. The zero-order valence-corrected chi connectivity index (χ0v) is 20.8. The third-order valence-electron chi connectivity index (χ3n) is 5.68. The van der Waals surface area contributed by atoms with Crippen LogP contribution in [0.25, 0.3) is 5.57 Å². The first-order valence-corrected chi connectivity index (χ1v) is 12.0. The van der Waals surface area contributed by atoms with E-state index in [1.165, 1.54) is 11.8 Å². The fraction of sp³-hybridized carbons (Fsp3) is 0.321. The van der Waals surface area contributed by atoms with Gasteiger partial charge in [0.2, 0.25) is 5.88 Å². The summed E-state index contributed by atoms with van der Waals surface area (Å²) in [5.74, 6) is 1.42. The van der Waals surface area contributed by atoms with E-state index in [9.17, 15) is 0 Å². The molecule has 184 valence electrons. The molecule has 0 amide bonds. The van der Waals surface area contributed by atoms with Gasteiger partial charge in [0.25, 0.3) is 0 Å². The number of aromatic nitrogens is 2. The van der Waals surface area contributed by atoms with Gasteiger partial charge in [-0.25, -0.2) is 9.97 Å². The number of nitrogens with two attached hydrogens (primary N) is 1. The zero-order chi connectivity index (χ0) is 25.0. The van der Waals surface area contributed by atoms with E-state index in [-0.39, 0.29) is 6.04 Å². The van der Waals surface area contributed by atoms with Gasteiger partial charge in [-0.1, -0.05) is 56.3 Å². The number of nitrogen functional groups attached to an aromatic ring is 1. The highest BCUT2D eigenvalue weighted by Crippen LogP contribution is 2.24. The van der Waals surface area contributed by atoms with E-state index < -0.39 is 0 Å². The Hall–Kier alpha value is -3.71. The molecule has 0 aliphatic rings. The maximum atomic E-state index is 7.76. The molecule has 1 atom stereocenters. The SMILES string of the molecule is COc1ccc(CCNC(CCNc2cc(/C(C=N)=C/C(C)C)cnc2N)c2ccccc2)cn1. The lowest BCUT2D eigenvalue weighted by atomic mass is 10.0. The van der Waals surface area contributed by atoms with Crippen LogP contribution in [0.2, 0.25) is 0 Å². The van der Waals surface area contributed by atoms with Gasteiger partial charge in [-0.15, -0.1) is 0 Å². The predicted molar refractivity (Wildman–Crippen MR) is 145 cm³/mol. The van der Waals surface area contributed by atoms with Gasteiger partial charge in [-0.3, -0.25) is 0 Å². The smallest absolute Gasteiger partial charge is 0.212 e. The number of methoxy groups -OCH3 is 1. The maximum absolute atomic E-state index is 7.76. The first-order chi connectivity index (χ1) is 17.0. The molecule has 7 nitrogen and oxygen atoms in total. The number of nitrogens with zero attached hydrogens (tertiary/aromatic N) is 2. The largest absolute Gasteiger partial charge is 0.481 e. The van der Waals surface area contributed by atoms with Crippen molar-refractivity contribution in [3.63, 3.8) is 0 Å². The van der Waals surface area contributed by atoms with E-state index in [0.717, 1.165) is 48.3 Å². The molecule has 1 aromatic carbocycles. The molecule has 3 rings (SSSR count). The lowest BCUT2D eigenvalue weighted by molar-refractivity contribution is 0.397. The Kier molecular flexibility index (Phi) is 9.80. The molecule has 2 heterocycles. The van der Waals surface area contributed by atoms with E-state index in [0.29, 0.717) is 17.6 Å². The number of pyridine rings is 2. The molecule has 0 aliphatic carbocycles. The van der Waals surface area contributed by atoms with Gasteiger partial charge in [0.15, 0.2) is 0 Å². The Labute approximate surface area is 208 Å². The monoisotopic (exact) mass is 472 g/mol. The van der Waals surface area contributed by atoms with Gasteiger partial charge in [0.1, 0.15) is 5.82 Å². The number of ether oxygens (including phenoxy) is 1. The van der Waals surface area contributed by atoms with E-state index in [1.54, 1.807) is 13.3 Å². The van der Waals surface area contributed by atoms with Crippen LogP contribution in [0.4, 0.5) is 11.5 Å². The molecule has 7 heteroatoms. The fourth-order valence-corrected chi connectivity index (χ4v) is 3.85. The van der Waals surface area contributed by atoms with Crippen molar-refractivity contribution in [2.75, 3.05) is 31.2 Å². The zero-order valence-electron chi connectivity index (χ0n) is 20.8. The molecule has 0 saturated carbocycles. The molecule has 2 aromatic heterocycles. The number of rotatable bonds is 13. The Morgan fingerprint density at radius 1 is 1.09 bits per heavy atom. The molecule has 0 saturated heterocycles. The summed E-state index contributed by atoms with van der Waals surface area (Å²) in [6, 6.07) is 16.6. The lowest BCUT2D eigenvalue weighted by Crippen LogP contribution is -2.26. The van der Waals surface area contributed by atoms with E-state index >= 15 is 0 Å². The van der Waals surface area contributed by atoms with Crippen LogP contribution in [0.15, 0.2) is 67.0 Å². The Morgan fingerprint density at radius 2 is 1.89 bits per heavy atom. The topological polar surface area (TPSA) is 109 Å². The normalized spacial score (nSPS) is 12.4. The highest BCUT2D eigenvalue weighted by molar-refractivity contribution is 6.08. The average Bonchev–Trinajstić information content (AvgIpc) is 2.88. The van der Waals surface area contributed by atoms with E-state index in [2.05, 4.69) is 64.8 Å². The number of allylic oxidation sites excluding steroid dienone is 2. The summed E-state index contributed by atoms with van der Waals surface area (Å²) in [7, 11) is 1.62. The molecule has 0 bridgehead atoms. The maximum Gasteiger partial charge on any atom is 0.212 e. The van der Waals surface area contributed by atoms with Crippen LogP contribution in [-0.4, -0.2) is 36.4 Å². The third-order valence-corrected chi connectivity index (χ3v) is 5.68. The van der Waals surface area contributed by atoms with Crippen molar-refractivity contribution < 1.29 is 4.74 Å². The number of benzene rings is 1. The Balaban J connectivity index is 1.63. The number of nitrogens with one attached hydrogen (secondary N) is 3. The average molecular weight is 473 g/mol. The number of anilines is 2. The molecular formula is C28H36N6O. The second kappa shape index (κ2) is 13.2. The van der Waals surface area contributed by atoms with Crippen molar-refractivity contribution in [3.8, 4) is 5.88 Å². The van der Waals surface area contributed by atoms with Crippen molar-refractivity contribution in [1.82, 2.24) is 15.3 Å². The van der Waals surface area contributed by atoms with Crippen LogP contribution >= 0.6 is 0 Å². The quantitative estimate of drug-likeness (QED) is 0.257. The van der Waals surface area contributed by atoms with E-state index in [1.807, 2.05) is 30.5 Å². The fourth-order valence-electron chi connectivity index (χ4n) is 3.85. The molecule has 0 radical (unpaired) electrons. The standard InChI is InChI=1S/C28H36N6O/c1-20(2)15-23(17-29)24-16-26(28(30)34-19-24)32-14-12-25(22-7-5-4-6-8-22)31-13-11-21-9-10-27(35-3)33-18-21/h4-10,15-20,25,29,31-32H,11-14H2,1-3H3,(H2,30,34)/b23-15+,29-17?. The molecule has 5 N–H and O–H groups in total. The highest BCUT2D eigenvalue weighted by Gasteiger charge is 2.12. The van der Waals surface area contributed by atoms with Crippen LogP contribution in [-0.2, 0) is 6.42 Å². The van der Waals surface area contributed by atoms with Crippen LogP contribution in [0, 0.1) is 11.3 Å². The van der Waals surface area contributed by atoms with Crippen LogP contribution in [0.1, 0.15) is 43.0 Å². The number of hydrogen-bond donors (Lipinski definition) is 4. The summed E-state index contributed by atoms with van der Waals surface area (Å²) in [4.78, 5) is 8.64. The van der Waals surface area contributed by atoms with Crippen LogP contribution < -0.4 is 21.1 Å². The van der Waals surface area contributed by atoms with Crippen molar-refractivity contribution in [1.29, 1.82) is 5.41 Å². The summed E-state index contributed by atoms with van der Waals surface area (Å²) in [6.45, 7) is 5.74. The predicted octanol–water partition coefficient (Wildman–Crippen LogP) is 5.13. The molecule has 35 heavy (non-hydrogen) atoms. The summed E-state index contributed by atoms with van der Waals surface area (Å²) < 4.78 is 5.14. The summed E-state index contributed by atoms with van der Waals surface area (Å²) in [5.41, 5.74) is 11.1. The Bertz CT molecular complexity index is 1100. The molecule has 0 fully saturated rings. The van der Waals surface area contributed by atoms with Crippen molar-refractivity contribution >= 4 is 23.3 Å². The van der Waals surface area contributed by atoms with Crippen LogP contribution in [0.3, 0.4) is 0 Å². The van der Waals surface area contributed by atoms with Crippen molar-refractivity contribution in [2.24, 2.45) is 5.92 Å². The van der Waals surface area contributed by atoms with Gasteiger partial charge < -0.3 is 26.5 Å². The molecular weight excluding hydrogens is 436 g/mol. The molecule has 0 aliphatic heterocycles. The highest BCUT2D eigenvalue weighted by atomic mass is 16.5. The Morgan fingerprint density at radius 3 is 2.54 bits per heavy atom. The summed E-state index contributed by atoms with van der Waals surface area (Å²) in [5, 5.41) is 14.9. The van der Waals surface area contributed by atoms with Gasteiger partial charge in [-0.05, 0) is 48.1 Å². The minimum Gasteiger partial charge on any atom is -0.481 e. The van der Waals surface area contributed by atoms with Crippen LogP contribution in [0.5, 0.6) is 5.88 Å². The minimum atomic E-state index is 0.185. The third kappa shape index (κ3) is 7.93. The molecule has 1 unspecified atom stereocenters. The molecule has 3 aromatic rings. The second-order valence-electron chi connectivity index (χ2n) is 8.76. The lowest BCUT2D eigenvalue weighted by Gasteiger charge is -2.20.